The van der Waals surface area contributed by atoms with Crippen LogP contribution in [0.25, 0.3) is 6.08 Å². The van der Waals surface area contributed by atoms with E-state index in [-0.39, 0.29) is 16.3 Å². The predicted octanol–water partition coefficient (Wildman–Crippen LogP) is 2.82. The minimum atomic E-state index is -4.49. The molecule has 0 unspecified atom stereocenters. The number of ether oxygens (including phenoxy) is 2. The summed E-state index contributed by atoms with van der Waals surface area (Å²) < 4.78 is 73.7. The zero-order valence-corrected chi connectivity index (χ0v) is 17.7. The molecule has 1 amide bonds. The maximum atomic E-state index is 12.5. The third-order valence-electron chi connectivity index (χ3n) is 4.00. The number of alkyl halides is 3. The van der Waals surface area contributed by atoms with Crippen molar-refractivity contribution in [2.75, 3.05) is 26.1 Å². The summed E-state index contributed by atoms with van der Waals surface area (Å²) in [5.74, 6) is -1.53. The van der Waals surface area contributed by atoms with E-state index < -0.39 is 40.2 Å². The van der Waals surface area contributed by atoms with Gasteiger partial charge in [-0.3, -0.25) is 4.79 Å². The summed E-state index contributed by atoms with van der Waals surface area (Å²) in [6.45, 7) is -0.674. The van der Waals surface area contributed by atoms with E-state index in [1.807, 2.05) is 0 Å². The fourth-order valence-corrected chi connectivity index (χ4v) is 3.33. The molecule has 0 saturated heterocycles. The highest BCUT2D eigenvalue weighted by atomic mass is 32.2. The molecule has 8 nitrogen and oxygen atoms in total. The second-order valence-corrected chi connectivity index (χ2v) is 8.04. The first-order chi connectivity index (χ1) is 15.0. The summed E-state index contributed by atoms with van der Waals surface area (Å²) in [6, 6.07) is 7.96. The molecule has 0 aliphatic carbocycles. The molecule has 0 aliphatic heterocycles. The van der Waals surface area contributed by atoms with Crippen molar-refractivity contribution < 1.29 is 40.7 Å². The van der Waals surface area contributed by atoms with Gasteiger partial charge in [-0.05, 0) is 55.1 Å². The number of sulfonamides is 1. The first kappa shape index (κ1) is 24.9. The van der Waals surface area contributed by atoms with Gasteiger partial charge in [-0.25, -0.2) is 17.9 Å². The molecule has 0 saturated carbocycles. The molecule has 32 heavy (non-hydrogen) atoms. The Kier molecular flexibility index (Phi) is 8.00. The summed E-state index contributed by atoms with van der Waals surface area (Å²) in [6.07, 6.45) is -2.22. The standard InChI is InChI=1S/C20H19F3N2O6S/c1-24-32(28,29)17-11-13(3-9-16(17)30-2)4-10-19(27)31-12-18(26)25-15-7-5-14(6-8-15)20(21,22)23/h3-11,24H,12H2,1-2H3,(H,25,26)/b10-4+. The molecule has 12 heteroatoms. The number of carbonyl (C=O) groups excluding carboxylic acids is 2. The molecular formula is C20H19F3N2O6S. The van der Waals surface area contributed by atoms with Crippen LogP contribution in [0.2, 0.25) is 0 Å². The van der Waals surface area contributed by atoms with Gasteiger partial charge in [0.1, 0.15) is 10.6 Å². The van der Waals surface area contributed by atoms with Crippen molar-refractivity contribution >= 4 is 33.7 Å². The minimum absolute atomic E-state index is 0.103. The van der Waals surface area contributed by atoms with Crippen LogP contribution in [-0.4, -0.2) is 41.1 Å². The molecule has 2 aromatic carbocycles. The van der Waals surface area contributed by atoms with Crippen LogP contribution in [-0.2, 0) is 30.5 Å². The van der Waals surface area contributed by atoms with Gasteiger partial charge >= 0.3 is 12.1 Å². The number of esters is 1. The zero-order valence-electron chi connectivity index (χ0n) is 16.9. The molecule has 172 valence electrons. The molecule has 0 fully saturated rings. The first-order valence-electron chi connectivity index (χ1n) is 8.90. The fourth-order valence-electron chi connectivity index (χ4n) is 2.41. The molecule has 2 rings (SSSR count). The average Bonchev–Trinajstić information content (AvgIpc) is 2.75. The number of hydrogen-bond acceptors (Lipinski definition) is 6. The quantitative estimate of drug-likeness (QED) is 0.452. The minimum Gasteiger partial charge on any atom is -0.495 e. The smallest absolute Gasteiger partial charge is 0.416 e. The molecule has 0 atom stereocenters. The average molecular weight is 472 g/mol. The maximum absolute atomic E-state index is 12.5. The van der Waals surface area contributed by atoms with Gasteiger partial charge in [0.05, 0.1) is 12.7 Å². The Morgan fingerprint density at radius 2 is 1.75 bits per heavy atom. The normalized spacial score (nSPS) is 11.9. The number of halogens is 3. The summed E-state index contributed by atoms with van der Waals surface area (Å²) in [4.78, 5) is 23.5. The number of benzene rings is 2. The number of nitrogens with one attached hydrogen (secondary N) is 2. The third kappa shape index (κ3) is 6.82. The Labute approximate surface area is 182 Å². The van der Waals surface area contributed by atoms with E-state index in [1.165, 1.54) is 38.4 Å². The van der Waals surface area contributed by atoms with E-state index in [2.05, 4.69) is 10.0 Å². The number of rotatable bonds is 8. The van der Waals surface area contributed by atoms with E-state index in [1.54, 1.807) is 0 Å². The van der Waals surface area contributed by atoms with Gasteiger partial charge in [-0.2, -0.15) is 13.2 Å². The Morgan fingerprint density at radius 1 is 1.09 bits per heavy atom. The van der Waals surface area contributed by atoms with Crippen LogP contribution in [0.4, 0.5) is 18.9 Å². The summed E-state index contributed by atoms with van der Waals surface area (Å²) in [7, 11) is -1.25. The SMILES string of the molecule is CNS(=O)(=O)c1cc(/C=C/C(=O)OCC(=O)Nc2ccc(C(F)(F)F)cc2)ccc1OC. The van der Waals surface area contributed by atoms with E-state index in [9.17, 15) is 31.2 Å². The molecule has 0 aliphatic rings. The largest absolute Gasteiger partial charge is 0.495 e. The molecule has 0 heterocycles. The lowest BCUT2D eigenvalue weighted by Gasteiger charge is -2.09. The van der Waals surface area contributed by atoms with Crippen LogP contribution in [0.3, 0.4) is 0 Å². The lowest BCUT2D eigenvalue weighted by Crippen LogP contribution is -2.20. The molecule has 2 N–H and O–H groups in total. The van der Waals surface area contributed by atoms with Gasteiger partial charge < -0.3 is 14.8 Å². The third-order valence-corrected chi connectivity index (χ3v) is 5.43. The number of carbonyl (C=O) groups is 2. The fraction of sp³-hybridized carbons (Fsp3) is 0.200. The number of anilines is 1. The van der Waals surface area contributed by atoms with Crippen LogP contribution in [0.5, 0.6) is 5.75 Å². The number of hydrogen-bond donors (Lipinski definition) is 2. The van der Waals surface area contributed by atoms with Gasteiger partial charge in [0.15, 0.2) is 6.61 Å². The first-order valence-corrected chi connectivity index (χ1v) is 10.4. The van der Waals surface area contributed by atoms with Crippen LogP contribution < -0.4 is 14.8 Å². The van der Waals surface area contributed by atoms with E-state index in [4.69, 9.17) is 9.47 Å². The van der Waals surface area contributed by atoms with E-state index in [0.717, 1.165) is 30.3 Å². The van der Waals surface area contributed by atoms with Gasteiger partial charge in [-0.15, -0.1) is 0 Å². The van der Waals surface area contributed by atoms with Crippen molar-refractivity contribution in [2.45, 2.75) is 11.1 Å². The molecule has 0 aromatic heterocycles. The van der Waals surface area contributed by atoms with E-state index >= 15 is 0 Å². The van der Waals surface area contributed by atoms with Crippen molar-refractivity contribution in [3.05, 3.63) is 59.7 Å². The van der Waals surface area contributed by atoms with Crippen LogP contribution in [0, 0.1) is 0 Å². The van der Waals surface area contributed by atoms with Gasteiger partial charge in [0.25, 0.3) is 5.91 Å². The second kappa shape index (κ2) is 10.3. The van der Waals surface area contributed by atoms with E-state index in [0.29, 0.717) is 5.56 Å². The number of methoxy groups -OCH3 is 1. The highest BCUT2D eigenvalue weighted by molar-refractivity contribution is 7.89. The summed E-state index contributed by atoms with van der Waals surface area (Å²) in [5, 5.41) is 2.30. The Morgan fingerprint density at radius 3 is 2.31 bits per heavy atom. The Bertz CT molecular complexity index is 1110. The zero-order chi connectivity index (χ0) is 23.9. The van der Waals surface area contributed by atoms with Crippen molar-refractivity contribution in [3.8, 4) is 5.75 Å². The van der Waals surface area contributed by atoms with Crippen molar-refractivity contribution in [3.63, 3.8) is 0 Å². The highest BCUT2D eigenvalue weighted by Gasteiger charge is 2.30. The maximum Gasteiger partial charge on any atom is 0.416 e. The monoisotopic (exact) mass is 472 g/mol. The number of amides is 1. The molecule has 0 bridgehead atoms. The second-order valence-electron chi connectivity index (χ2n) is 6.18. The predicted molar refractivity (Wildman–Crippen MR) is 109 cm³/mol. The van der Waals surface area contributed by atoms with Gasteiger partial charge in [0.2, 0.25) is 10.0 Å². The van der Waals surface area contributed by atoms with Crippen molar-refractivity contribution in [2.24, 2.45) is 0 Å². The topological polar surface area (TPSA) is 111 Å². The Balaban J connectivity index is 1.95. The van der Waals surface area contributed by atoms with Gasteiger partial charge in [0, 0.05) is 11.8 Å². The van der Waals surface area contributed by atoms with Gasteiger partial charge in [-0.1, -0.05) is 6.07 Å². The van der Waals surface area contributed by atoms with Crippen LogP contribution in [0.15, 0.2) is 53.4 Å². The van der Waals surface area contributed by atoms with Crippen LogP contribution in [0.1, 0.15) is 11.1 Å². The van der Waals surface area contributed by atoms with Crippen molar-refractivity contribution in [1.29, 1.82) is 0 Å². The Hall–Kier alpha value is -3.38. The molecule has 0 radical (unpaired) electrons. The van der Waals surface area contributed by atoms with Crippen LogP contribution >= 0.6 is 0 Å². The lowest BCUT2D eigenvalue weighted by atomic mass is 10.2. The van der Waals surface area contributed by atoms with Crippen molar-refractivity contribution in [1.82, 2.24) is 4.72 Å². The molecule has 0 spiro atoms. The molecular weight excluding hydrogens is 453 g/mol. The summed E-state index contributed by atoms with van der Waals surface area (Å²) >= 11 is 0. The highest BCUT2D eigenvalue weighted by Crippen LogP contribution is 2.29. The lowest BCUT2D eigenvalue weighted by molar-refractivity contribution is -0.142. The summed E-state index contributed by atoms with van der Waals surface area (Å²) in [5.41, 5.74) is -0.409. The molecule has 2 aromatic rings.